The van der Waals surface area contributed by atoms with Crippen LogP contribution in [0.25, 0.3) is 0 Å². The van der Waals surface area contributed by atoms with Crippen LogP contribution in [0.15, 0.2) is 0 Å². The maximum atomic E-state index is 12.7. The van der Waals surface area contributed by atoms with Crippen LogP contribution in [-0.4, -0.2) is 74.3 Å². The number of esters is 4. The molecule has 0 N–H and O–H groups in total. The van der Waals surface area contributed by atoms with Crippen molar-refractivity contribution in [3.8, 4) is 0 Å². The van der Waals surface area contributed by atoms with E-state index >= 15 is 0 Å². The Balaban J connectivity index is 4.45. The molecule has 60 heavy (non-hydrogen) atoms. The molecule has 0 aromatic carbocycles. The number of ether oxygens (including phenoxy) is 4. The predicted octanol–water partition coefficient (Wildman–Crippen LogP) is 13.9. The van der Waals surface area contributed by atoms with Gasteiger partial charge in [0.2, 0.25) is 0 Å². The van der Waals surface area contributed by atoms with Gasteiger partial charge >= 0.3 is 23.9 Å². The van der Waals surface area contributed by atoms with Gasteiger partial charge in [-0.1, -0.05) is 156 Å². The molecule has 0 aliphatic carbocycles. The SMILES string of the molecule is CCCCCCCCC(CCCCCCCC)OC(=O)CCCCCCC(=O)OCC(CN(C)C)OC(=O)CCCCC(=O)OC(CCCCCC)CCCCCCCC. The molecule has 0 aliphatic heterocycles. The van der Waals surface area contributed by atoms with Crippen LogP contribution >= 0.6 is 0 Å². The lowest BCUT2D eigenvalue weighted by molar-refractivity contribution is -0.160. The van der Waals surface area contributed by atoms with Crippen LogP contribution in [0.3, 0.4) is 0 Å². The summed E-state index contributed by atoms with van der Waals surface area (Å²) in [5.41, 5.74) is 0. The van der Waals surface area contributed by atoms with Crippen molar-refractivity contribution in [2.75, 3.05) is 27.2 Å². The summed E-state index contributed by atoms with van der Waals surface area (Å²) < 4.78 is 23.1. The van der Waals surface area contributed by atoms with Crippen molar-refractivity contribution in [2.45, 2.75) is 277 Å². The Bertz CT molecular complexity index is 988. The van der Waals surface area contributed by atoms with Crippen LogP contribution in [0, 0.1) is 0 Å². The molecule has 9 nitrogen and oxygen atoms in total. The Hall–Kier alpha value is -2.16. The number of unbranched alkanes of at least 4 members (excludes halogenated alkanes) is 22. The third-order valence-corrected chi connectivity index (χ3v) is 11.4. The van der Waals surface area contributed by atoms with Crippen LogP contribution in [0.4, 0.5) is 0 Å². The first-order valence-electron chi connectivity index (χ1n) is 25.5. The van der Waals surface area contributed by atoms with E-state index < -0.39 is 6.10 Å². The van der Waals surface area contributed by atoms with E-state index in [9.17, 15) is 19.2 Å². The minimum Gasteiger partial charge on any atom is -0.462 e. The number of carbonyl (C=O) groups excluding carboxylic acids is 4. The third-order valence-electron chi connectivity index (χ3n) is 11.4. The van der Waals surface area contributed by atoms with Crippen molar-refractivity contribution in [1.82, 2.24) is 4.90 Å². The molecule has 0 aliphatic rings. The van der Waals surface area contributed by atoms with Crippen molar-refractivity contribution in [2.24, 2.45) is 0 Å². The maximum absolute atomic E-state index is 12.7. The summed E-state index contributed by atoms with van der Waals surface area (Å²) in [5, 5.41) is 0. The average Bonchev–Trinajstić information content (AvgIpc) is 3.21. The van der Waals surface area contributed by atoms with E-state index in [0.29, 0.717) is 45.1 Å². The van der Waals surface area contributed by atoms with Gasteiger partial charge < -0.3 is 23.8 Å². The molecule has 0 fully saturated rings. The van der Waals surface area contributed by atoms with Gasteiger partial charge in [0.1, 0.15) is 24.9 Å². The van der Waals surface area contributed by atoms with E-state index in [0.717, 1.165) is 70.6 Å². The molecule has 0 heterocycles. The first-order valence-corrected chi connectivity index (χ1v) is 25.5. The van der Waals surface area contributed by atoms with Crippen molar-refractivity contribution < 1.29 is 38.1 Å². The number of hydrogen-bond acceptors (Lipinski definition) is 9. The van der Waals surface area contributed by atoms with Crippen LogP contribution < -0.4 is 0 Å². The minimum absolute atomic E-state index is 0.00680. The van der Waals surface area contributed by atoms with Gasteiger partial charge in [-0.3, -0.25) is 19.2 Å². The molecule has 354 valence electrons. The monoisotopic (exact) mass is 852 g/mol. The molecule has 2 unspecified atom stereocenters. The van der Waals surface area contributed by atoms with E-state index in [-0.39, 0.29) is 49.1 Å². The first-order chi connectivity index (χ1) is 29.1. The van der Waals surface area contributed by atoms with Gasteiger partial charge in [0.15, 0.2) is 0 Å². The third kappa shape index (κ3) is 39.9. The quantitative estimate of drug-likeness (QED) is 0.0336. The van der Waals surface area contributed by atoms with Gasteiger partial charge in [-0.05, 0) is 91.1 Å². The normalized spacial score (nSPS) is 12.5. The molecule has 0 rings (SSSR count). The fourth-order valence-corrected chi connectivity index (χ4v) is 7.73. The van der Waals surface area contributed by atoms with E-state index in [2.05, 4.69) is 27.7 Å². The van der Waals surface area contributed by atoms with Crippen molar-refractivity contribution in [3.63, 3.8) is 0 Å². The lowest BCUT2D eigenvalue weighted by atomic mass is 10.0. The molecule has 0 amide bonds. The number of rotatable bonds is 45. The van der Waals surface area contributed by atoms with E-state index in [4.69, 9.17) is 18.9 Å². The molecule has 0 radical (unpaired) electrons. The smallest absolute Gasteiger partial charge is 0.306 e. The van der Waals surface area contributed by atoms with Gasteiger partial charge in [-0.25, -0.2) is 0 Å². The summed E-state index contributed by atoms with van der Waals surface area (Å²) in [4.78, 5) is 52.6. The maximum Gasteiger partial charge on any atom is 0.306 e. The Morgan fingerprint density at radius 2 is 0.617 bits per heavy atom. The second kappa shape index (κ2) is 43.5. The number of carbonyl (C=O) groups is 4. The molecular formula is C51H97NO8. The zero-order chi connectivity index (χ0) is 44.3. The second-order valence-corrected chi connectivity index (χ2v) is 17.9. The summed E-state index contributed by atoms with van der Waals surface area (Å²) in [6.45, 7) is 9.37. The highest BCUT2D eigenvalue weighted by atomic mass is 16.6. The van der Waals surface area contributed by atoms with Gasteiger partial charge in [-0.15, -0.1) is 0 Å². The fraction of sp³-hybridized carbons (Fsp3) is 0.922. The molecule has 0 aromatic rings. The van der Waals surface area contributed by atoms with Crippen LogP contribution in [-0.2, 0) is 38.1 Å². The number of nitrogens with zero attached hydrogens (tertiary/aromatic N) is 1. The van der Waals surface area contributed by atoms with Gasteiger partial charge in [0.25, 0.3) is 0 Å². The lowest BCUT2D eigenvalue weighted by Gasteiger charge is -2.21. The summed E-state index contributed by atoms with van der Waals surface area (Å²) in [6.07, 6.45) is 35.7. The van der Waals surface area contributed by atoms with Gasteiger partial charge in [0, 0.05) is 32.2 Å². The highest BCUT2D eigenvalue weighted by molar-refractivity contribution is 5.71. The van der Waals surface area contributed by atoms with Crippen LogP contribution in [0.2, 0.25) is 0 Å². The molecular weight excluding hydrogens is 755 g/mol. The highest BCUT2D eigenvalue weighted by Crippen LogP contribution is 2.20. The van der Waals surface area contributed by atoms with E-state index in [1.807, 2.05) is 19.0 Å². The molecule has 0 saturated heterocycles. The van der Waals surface area contributed by atoms with Crippen LogP contribution in [0.5, 0.6) is 0 Å². The number of likely N-dealkylation sites (N-methyl/N-ethyl adjacent to an activating group) is 1. The fourth-order valence-electron chi connectivity index (χ4n) is 7.73. The highest BCUT2D eigenvalue weighted by Gasteiger charge is 2.20. The first kappa shape index (κ1) is 57.8. The van der Waals surface area contributed by atoms with Crippen molar-refractivity contribution in [1.29, 1.82) is 0 Å². The molecule has 0 aromatic heterocycles. The Kier molecular flexibility index (Phi) is 41.9. The zero-order valence-electron chi connectivity index (χ0n) is 40.3. The second-order valence-electron chi connectivity index (χ2n) is 17.9. The topological polar surface area (TPSA) is 108 Å². The molecule has 0 saturated carbocycles. The van der Waals surface area contributed by atoms with E-state index in [1.165, 1.54) is 116 Å². The zero-order valence-corrected chi connectivity index (χ0v) is 40.3. The summed E-state index contributed by atoms with van der Waals surface area (Å²) in [7, 11) is 3.78. The summed E-state index contributed by atoms with van der Waals surface area (Å²) >= 11 is 0. The predicted molar refractivity (Wildman–Crippen MR) is 248 cm³/mol. The van der Waals surface area contributed by atoms with Crippen molar-refractivity contribution in [3.05, 3.63) is 0 Å². The van der Waals surface area contributed by atoms with Gasteiger partial charge in [0.05, 0.1) is 0 Å². The molecule has 9 heteroatoms. The molecule has 0 bridgehead atoms. The van der Waals surface area contributed by atoms with Crippen molar-refractivity contribution >= 4 is 23.9 Å². The van der Waals surface area contributed by atoms with Gasteiger partial charge in [-0.2, -0.15) is 0 Å². The lowest BCUT2D eigenvalue weighted by Crippen LogP contribution is -2.34. The van der Waals surface area contributed by atoms with Crippen LogP contribution in [0.1, 0.15) is 259 Å². The Labute approximate surface area is 370 Å². The summed E-state index contributed by atoms with van der Waals surface area (Å²) in [5.74, 6) is -0.912. The summed E-state index contributed by atoms with van der Waals surface area (Å²) in [6, 6.07) is 0. The Morgan fingerprint density at radius 1 is 0.350 bits per heavy atom. The number of hydrogen-bond donors (Lipinski definition) is 0. The van der Waals surface area contributed by atoms with E-state index in [1.54, 1.807) is 0 Å². The largest absolute Gasteiger partial charge is 0.462 e. The molecule has 0 spiro atoms. The minimum atomic E-state index is -0.561. The standard InChI is InChI=1S/C51H97NO8/c1-7-11-15-19-22-28-36-45(35-27-18-14-10-4)59-50(55)41-33-34-42-51(56)60-47(43-52(5)6)44-57-48(53)39-31-25-26-32-40-49(54)58-46(37-29-23-20-16-12-8-2)38-30-24-21-17-13-9-3/h45-47H,7-44H2,1-6H3. The molecule has 2 atom stereocenters. The Morgan fingerprint density at radius 3 is 0.967 bits per heavy atom. The average molecular weight is 852 g/mol.